The molecule has 0 aromatic heterocycles. The molecule has 4 rings (SSSR count). The maximum atomic E-state index is 13.8. The van der Waals surface area contributed by atoms with E-state index in [0.29, 0.717) is 58.0 Å². The second-order valence-corrected chi connectivity index (χ2v) is 12.7. The molecule has 10 nitrogen and oxygen atoms in total. The summed E-state index contributed by atoms with van der Waals surface area (Å²) in [6.45, 7) is 3.93. The fraction of sp³-hybridized carbons (Fsp3) is 0.290. The average Bonchev–Trinajstić information content (AvgIpc) is 3.11. The Labute approximate surface area is 254 Å². The fourth-order valence-corrected chi connectivity index (χ4v) is 6.07. The van der Waals surface area contributed by atoms with Crippen molar-refractivity contribution in [3.05, 3.63) is 93.5 Å². The standard InChI is InChI=1S/C31H31ClN2O8S/c1-19-7-4-5-8-23(19)30(37)33-22-11-12-24(20(2)15-22)31(38)34-14-6-9-27(25-16-21(32)10-13-26(25)34)42-29(36)18-43(39,40)17-28(35)41-3/h4-5,7-8,10-13,15-16,27H,6,9,14,17-18H2,1-3H3,(H,33,37). The third-order valence-corrected chi connectivity index (χ3v) is 8.59. The number of hydrogen-bond acceptors (Lipinski definition) is 8. The molecule has 1 aliphatic heterocycles. The number of carbonyl (C=O) groups excluding carboxylic acids is 4. The monoisotopic (exact) mass is 626 g/mol. The van der Waals surface area contributed by atoms with Crippen LogP contribution in [-0.4, -0.2) is 57.3 Å². The summed E-state index contributed by atoms with van der Waals surface area (Å²) in [5.74, 6) is -4.51. The summed E-state index contributed by atoms with van der Waals surface area (Å²) in [5.41, 5.74) is 3.92. The van der Waals surface area contributed by atoms with Crippen molar-refractivity contribution in [1.82, 2.24) is 0 Å². The zero-order valence-corrected chi connectivity index (χ0v) is 25.5. The van der Waals surface area contributed by atoms with Gasteiger partial charge in [0.15, 0.2) is 9.84 Å². The van der Waals surface area contributed by atoms with Crippen LogP contribution in [0.1, 0.15) is 56.4 Å². The number of halogens is 1. The molecule has 1 aliphatic rings. The number of hydrogen-bond donors (Lipinski definition) is 1. The number of fused-ring (bicyclic) bond motifs is 1. The van der Waals surface area contributed by atoms with Gasteiger partial charge >= 0.3 is 11.9 Å². The Balaban J connectivity index is 1.55. The van der Waals surface area contributed by atoms with Gasteiger partial charge in [-0.3, -0.25) is 19.2 Å². The van der Waals surface area contributed by atoms with Crippen LogP contribution in [0.5, 0.6) is 0 Å². The summed E-state index contributed by atoms with van der Waals surface area (Å²) < 4.78 is 34.4. The first-order chi connectivity index (χ1) is 20.4. The summed E-state index contributed by atoms with van der Waals surface area (Å²) in [5, 5.41) is 3.22. The van der Waals surface area contributed by atoms with E-state index in [-0.39, 0.29) is 11.8 Å². The molecule has 0 spiro atoms. The first-order valence-corrected chi connectivity index (χ1v) is 15.6. The molecule has 1 atom stereocenters. The number of methoxy groups -OCH3 is 1. The third-order valence-electron chi connectivity index (χ3n) is 7.00. The molecule has 0 bridgehead atoms. The molecule has 3 aromatic carbocycles. The molecule has 0 aliphatic carbocycles. The zero-order valence-electron chi connectivity index (χ0n) is 23.9. The van der Waals surface area contributed by atoms with Crippen LogP contribution >= 0.6 is 11.6 Å². The molecule has 12 heteroatoms. The normalized spacial score (nSPS) is 14.7. The minimum atomic E-state index is -4.10. The Morgan fingerprint density at radius 3 is 2.35 bits per heavy atom. The van der Waals surface area contributed by atoms with Gasteiger partial charge in [-0.2, -0.15) is 0 Å². The predicted molar refractivity (Wildman–Crippen MR) is 162 cm³/mol. The smallest absolute Gasteiger partial charge is 0.321 e. The molecule has 0 saturated heterocycles. The molecule has 3 aromatic rings. The number of esters is 2. The summed E-state index contributed by atoms with van der Waals surface area (Å²) in [6.07, 6.45) is -0.121. The zero-order chi connectivity index (χ0) is 31.3. The van der Waals surface area contributed by atoms with Gasteiger partial charge in [0, 0.05) is 33.9 Å². The van der Waals surface area contributed by atoms with Crippen molar-refractivity contribution in [1.29, 1.82) is 0 Å². The molecule has 226 valence electrons. The van der Waals surface area contributed by atoms with Crippen LogP contribution in [0.2, 0.25) is 5.02 Å². The average molecular weight is 627 g/mol. The molecule has 0 fully saturated rings. The summed E-state index contributed by atoms with van der Waals surface area (Å²) in [4.78, 5) is 52.2. The summed E-state index contributed by atoms with van der Waals surface area (Å²) >= 11 is 6.27. The van der Waals surface area contributed by atoms with Gasteiger partial charge in [0.05, 0.1) is 12.8 Å². The van der Waals surface area contributed by atoms with Gasteiger partial charge in [-0.15, -0.1) is 0 Å². The second kappa shape index (κ2) is 13.4. The van der Waals surface area contributed by atoms with Crippen LogP contribution in [0, 0.1) is 13.8 Å². The molecule has 0 saturated carbocycles. The summed E-state index contributed by atoms with van der Waals surface area (Å²) in [6, 6.07) is 17.1. The molecule has 0 radical (unpaired) electrons. The number of rotatable bonds is 8. The quantitative estimate of drug-likeness (QED) is 0.352. The predicted octanol–water partition coefficient (Wildman–Crippen LogP) is 4.82. The van der Waals surface area contributed by atoms with Gasteiger partial charge < -0.3 is 19.7 Å². The van der Waals surface area contributed by atoms with E-state index in [4.69, 9.17) is 16.3 Å². The van der Waals surface area contributed by atoms with Gasteiger partial charge in [0.25, 0.3) is 11.8 Å². The molecule has 1 N–H and O–H groups in total. The number of sulfone groups is 1. The van der Waals surface area contributed by atoms with Gasteiger partial charge in [0.2, 0.25) is 0 Å². The Kier molecular flexibility index (Phi) is 9.87. The highest BCUT2D eigenvalue weighted by Crippen LogP contribution is 2.38. The number of amides is 2. The maximum absolute atomic E-state index is 13.8. The Hall–Kier alpha value is -4.22. The van der Waals surface area contributed by atoms with E-state index in [1.54, 1.807) is 60.4 Å². The molecule has 43 heavy (non-hydrogen) atoms. The van der Waals surface area contributed by atoms with Gasteiger partial charge in [-0.1, -0.05) is 29.8 Å². The van der Waals surface area contributed by atoms with E-state index in [0.717, 1.165) is 12.7 Å². The Bertz CT molecular complexity index is 1690. The number of anilines is 2. The van der Waals surface area contributed by atoms with Gasteiger partial charge in [0.1, 0.15) is 17.6 Å². The topological polar surface area (TPSA) is 136 Å². The van der Waals surface area contributed by atoms with Crippen molar-refractivity contribution in [3.8, 4) is 0 Å². The molecular weight excluding hydrogens is 596 g/mol. The minimum Gasteiger partial charge on any atom is -0.468 e. The maximum Gasteiger partial charge on any atom is 0.321 e. The van der Waals surface area contributed by atoms with Crippen LogP contribution in [-0.2, 0) is 28.9 Å². The third kappa shape index (κ3) is 7.79. The van der Waals surface area contributed by atoms with Gasteiger partial charge in [-0.25, -0.2) is 8.42 Å². The highest BCUT2D eigenvalue weighted by Gasteiger charge is 2.31. The Morgan fingerprint density at radius 2 is 1.65 bits per heavy atom. The molecule has 1 unspecified atom stereocenters. The van der Waals surface area contributed by atoms with Crippen molar-refractivity contribution >= 4 is 56.6 Å². The van der Waals surface area contributed by atoms with Crippen molar-refractivity contribution in [3.63, 3.8) is 0 Å². The van der Waals surface area contributed by atoms with Crippen LogP contribution in [0.15, 0.2) is 60.7 Å². The van der Waals surface area contributed by atoms with Crippen LogP contribution in [0.25, 0.3) is 0 Å². The van der Waals surface area contributed by atoms with Crippen molar-refractivity contribution in [2.45, 2.75) is 32.8 Å². The highest BCUT2D eigenvalue weighted by atomic mass is 35.5. The largest absolute Gasteiger partial charge is 0.468 e. The lowest BCUT2D eigenvalue weighted by molar-refractivity contribution is -0.146. The Morgan fingerprint density at radius 1 is 0.930 bits per heavy atom. The SMILES string of the molecule is COC(=O)CS(=O)(=O)CC(=O)OC1CCCN(C(=O)c2ccc(NC(=O)c3ccccc3C)cc2C)c2ccc(Cl)cc21. The first kappa shape index (κ1) is 31.7. The highest BCUT2D eigenvalue weighted by molar-refractivity contribution is 7.92. The number of nitrogens with one attached hydrogen (secondary N) is 1. The lowest BCUT2D eigenvalue weighted by Gasteiger charge is -2.25. The van der Waals surface area contributed by atoms with Crippen molar-refractivity contribution in [2.75, 3.05) is 35.4 Å². The van der Waals surface area contributed by atoms with Crippen molar-refractivity contribution in [2.24, 2.45) is 0 Å². The number of aryl methyl sites for hydroxylation is 2. The van der Waals surface area contributed by atoms with Crippen molar-refractivity contribution < 1.29 is 37.1 Å². The molecule has 1 heterocycles. The molecule has 2 amide bonds. The van der Waals surface area contributed by atoms with E-state index in [1.807, 2.05) is 19.1 Å². The van der Waals surface area contributed by atoms with E-state index in [2.05, 4.69) is 10.1 Å². The number of ether oxygens (including phenoxy) is 2. The number of benzene rings is 3. The first-order valence-electron chi connectivity index (χ1n) is 13.4. The number of carbonyl (C=O) groups is 4. The van der Waals surface area contributed by atoms with Crippen LogP contribution in [0.3, 0.4) is 0 Å². The second-order valence-electron chi connectivity index (χ2n) is 10.2. The summed E-state index contributed by atoms with van der Waals surface area (Å²) in [7, 11) is -3.05. The molecular formula is C31H31ClN2O8S. The van der Waals surface area contributed by atoms with Gasteiger partial charge in [-0.05, 0) is 80.3 Å². The minimum absolute atomic E-state index is 0.256. The lowest BCUT2D eigenvalue weighted by atomic mass is 10.0. The van der Waals surface area contributed by atoms with E-state index in [9.17, 15) is 27.6 Å². The van der Waals surface area contributed by atoms with Crippen LogP contribution < -0.4 is 10.2 Å². The fourth-order valence-electron chi connectivity index (χ4n) is 4.89. The van der Waals surface area contributed by atoms with E-state index in [1.165, 1.54) is 0 Å². The van der Waals surface area contributed by atoms with Crippen LogP contribution in [0.4, 0.5) is 11.4 Å². The lowest BCUT2D eigenvalue weighted by Crippen LogP contribution is -2.32. The van der Waals surface area contributed by atoms with E-state index >= 15 is 0 Å². The van der Waals surface area contributed by atoms with E-state index < -0.39 is 39.4 Å². The number of nitrogens with zero attached hydrogens (tertiary/aromatic N) is 1.